The van der Waals surface area contributed by atoms with Gasteiger partial charge in [-0.15, -0.1) is 0 Å². The van der Waals surface area contributed by atoms with Crippen LogP contribution in [0, 0.1) is 19.7 Å². The molecule has 0 fully saturated rings. The van der Waals surface area contributed by atoms with Crippen molar-refractivity contribution in [1.82, 2.24) is 19.6 Å². The second-order valence-electron chi connectivity index (χ2n) is 5.62. The van der Waals surface area contributed by atoms with Gasteiger partial charge in [0.15, 0.2) is 5.69 Å². The smallest absolute Gasteiger partial charge is 0.276 e. The number of hydrogen-bond acceptors (Lipinski definition) is 3. The topological polar surface area (TPSA) is 64.7 Å². The Bertz CT molecular complexity index is 896. The molecule has 7 heteroatoms. The Morgan fingerprint density at radius 1 is 1.21 bits per heavy atom. The molecule has 1 aromatic carbocycles. The summed E-state index contributed by atoms with van der Waals surface area (Å²) >= 11 is 0. The zero-order valence-electron chi connectivity index (χ0n) is 13.7. The predicted octanol–water partition coefficient (Wildman–Crippen LogP) is 2.67. The Kier molecular flexibility index (Phi) is 4.16. The Labute approximate surface area is 138 Å². The summed E-state index contributed by atoms with van der Waals surface area (Å²) < 4.78 is 17.1. The summed E-state index contributed by atoms with van der Waals surface area (Å²) in [6.45, 7) is 3.95. The molecule has 0 bridgehead atoms. The SMILES string of the molecule is Cc1nn(Cc2ccccc2F)c(C)c1NC(=O)c1ccn(C)n1. The molecule has 3 rings (SSSR count). The summed E-state index contributed by atoms with van der Waals surface area (Å²) in [5, 5.41) is 11.3. The molecule has 2 heterocycles. The Morgan fingerprint density at radius 3 is 2.62 bits per heavy atom. The molecule has 0 unspecified atom stereocenters. The van der Waals surface area contributed by atoms with Gasteiger partial charge in [0.1, 0.15) is 5.82 Å². The number of aromatic nitrogens is 4. The van der Waals surface area contributed by atoms with Crippen LogP contribution in [0.4, 0.5) is 10.1 Å². The lowest BCUT2D eigenvalue weighted by Gasteiger charge is -2.07. The summed E-state index contributed by atoms with van der Waals surface area (Å²) in [7, 11) is 1.75. The molecule has 0 aliphatic rings. The molecule has 124 valence electrons. The number of anilines is 1. The van der Waals surface area contributed by atoms with Crippen molar-refractivity contribution in [2.75, 3.05) is 5.32 Å². The van der Waals surface area contributed by atoms with Crippen molar-refractivity contribution in [3.63, 3.8) is 0 Å². The monoisotopic (exact) mass is 327 g/mol. The third-order valence-electron chi connectivity index (χ3n) is 3.84. The minimum Gasteiger partial charge on any atom is -0.317 e. The van der Waals surface area contributed by atoms with E-state index in [4.69, 9.17) is 0 Å². The fourth-order valence-corrected chi connectivity index (χ4v) is 2.53. The summed E-state index contributed by atoms with van der Waals surface area (Å²) in [5.74, 6) is -0.573. The van der Waals surface area contributed by atoms with Gasteiger partial charge in [-0.3, -0.25) is 14.2 Å². The Morgan fingerprint density at radius 2 is 1.96 bits per heavy atom. The minimum absolute atomic E-state index is 0.274. The van der Waals surface area contributed by atoms with Gasteiger partial charge in [0, 0.05) is 18.8 Å². The van der Waals surface area contributed by atoms with Crippen LogP contribution in [0.3, 0.4) is 0 Å². The van der Waals surface area contributed by atoms with Crippen molar-refractivity contribution in [2.24, 2.45) is 7.05 Å². The maximum Gasteiger partial charge on any atom is 0.276 e. The van der Waals surface area contributed by atoms with Crippen LogP contribution in [0.15, 0.2) is 36.5 Å². The number of carbonyl (C=O) groups excluding carboxylic acids is 1. The molecule has 3 aromatic rings. The fraction of sp³-hybridized carbons (Fsp3) is 0.235. The lowest BCUT2D eigenvalue weighted by Crippen LogP contribution is -2.14. The summed E-state index contributed by atoms with van der Waals surface area (Å²) in [6.07, 6.45) is 1.70. The first-order chi connectivity index (χ1) is 11.5. The van der Waals surface area contributed by atoms with Crippen LogP contribution in [-0.4, -0.2) is 25.5 Å². The third kappa shape index (κ3) is 3.05. The number of benzene rings is 1. The van der Waals surface area contributed by atoms with Crippen LogP contribution in [0.2, 0.25) is 0 Å². The average molecular weight is 327 g/mol. The quantitative estimate of drug-likeness (QED) is 0.801. The molecule has 1 N–H and O–H groups in total. The van der Waals surface area contributed by atoms with E-state index in [1.54, 1.807) is 53.8 Å². The minimum atomic E-state index is -0.299. The maximum absolute atomic E-state index is 13.8. The number of aryl methyl sites for hydroxylation is 2. The van der Waals surface area contributed by atoms with Gasteiger partial charge in [0.2, 0.25) is 0 Å². The van der Waals surface area contributed by atoms with Gasteiger partial charge in [-0.05, 0) is 26.0 Å². The molecule has 0 radical (unpaired) electrons. The summed E-state index contributed by atoms with van der Waals surface area (Å²) in [6, 6.07) is 8.22. The van der Waals surface area contributed by atoms with E-state index in [2.05, 4.69) is 15.5 Å². The van der Waals surface area contributed by atoms with E-state index < -0.39 is 0 Å². The van der Waals surface area contributed by atoms with E-state index >= 15 is 0 Å². The molecule has 6 nitrogen and oxygen atoms in total. The summed E-state index contributed by atoms with van der Waals surface area (Å²) in [5.41, 5.74) is 2.94. The molecule has 0 aliphatic heterocycles. The van der Waals surface area contributed by atoms with Gasteiger partial charge in [-0.2, -0.15) is 10.2 Å². The number of halogens is 1. The molecule has 24 heavy (non-hydrogen) atoms. The molecule has 1 amide bonds. The highest BCUT2D eigenvalue weighted by molar-refractivity contribution is 6.03. The average Bonchev–Trinajstić information content (AvgIpc) is 3.09. The van der Waals surface area contributed by atoms with E-state index in [1.807, 2.05) is 6.92 Å². The number of nitrogens with zero attached hydrogens (tertiary/aromatic N) is 4. The van der Waals surface area contributed by atoms with Crippen molar-refractivity contribution in [3.8, 4) is 0 Å². The van der Waals surface area contributed by atoms with E-state index in [1.165, 1.54) is 6.07 Å². The van der Waals surface area contributed by atoms with Crippen molar-refractivity contribution in [2.45, 2.75) is 20.4 Å². The normalized spacial score (nSPS) is 10.8. The van der Waals surface area contributed by atoms with Gasteiger partial charge >= 0.3 is 0 Å². The van der Waals surface area contributed by atoms with Crippen molar-refractivity contribution in [1.29, 1.82) is 0 Å². The van der Waals surface area contributed by atoms with E-state index in [0.717, 1.165) is 5.69 Å². The number of hydrogen-bond donors (Lipinski definition) is 1. The fourth-order valence-electron chi connectivity index (χ4n) is 2.53. The molecule has 2 aromatic heterocycles. The van der Waals surface area contributed by atoms with Gasteiger partial charge in [0.25, 0.3) is 5.91 Å². The molecule has 0 spiro atoms. The van der Waals surface area contributed by atoms with Gasteiger partial charge < -0.3 is 5.32 Å². The summed E-state index contributed by atoms with van der Waals surface area (Å²) in [4.78, 5) is 12.3. The Hall–Kier alpha value is -2.96. The first-order valence-electron chi connectivity index (χ1n) is 7.54. The second kappa shape index (κ2) is 6.27. The molecular formula is C17H18FN5O. The molecule has 0 saturated heterocycles. The highest BCUT2D eigenvalue weighted by Crippen LogP contribution is 2.21. The van der Waals surface area contributed by atoms with Crippen LogP contribution in [0.5, 0.6) is 0 Å². The molecule has 0 saturated carbocycles. The largest absolute Gasteiger partial charge is 0.317 e. The maximum atomic E-state index is 13.8. The van der Waals surface area contributed by atoms with Crippen LogP contribution in [0.1, 0.15) is 27.4 Å². The number of rotatable bonds is 4. The van der Waals surface area contributed by atoms with E-state index in [-0.39, 0.29) is 11.7 Å². The highest BCUT2D eigenvalue weighted by atomic mass is 19.1. The molecule has 0 aliphatic carbocycles. The molecule has 0 atom stereocenters. The third-order valence-corrected chi connectivity index (χ3v) is 3.84. The molecular weight excluding hydrogens is 309 g/mol. The standard InChI is InChI=1S/C17H18FN5O/c1-11-16(19-17(24)15-8-9-22(3)21-15)12(2)23(20-11)10-13-6-4-5-7-14(13)18/h4-9H,10H2,1-3H3,(H,19,24). The van der Waals surface area contributed by atoms with Crippen LogP contribution in [0.25, 0.3) is 0 Å². The van der Waals surface area contributed by atoms with Gasteiger partial charge in [-0.1, -0.05) is 18.2 Å². The van der Waals surface area contributed by atoms with E-state index in [9.17, 15) is 9.18 Å². The first kappa shape index (κ1) is 15.9. The van der Waals surface area contributed by atoms with Gasteiger partial charge in [0.05, 0.1) is 23.6 Å². The zero-order valence-corrected chi connectivity index (χ0v) is 13.7. The predicted molar refractivity (Wildman–Crippen MR) is 88.4 cm³/mol. The number of amides is 1. The van der Waals surface area contributed by atoms with Crippen molar-refractivity contribution >= 4 is 11.6 Å². The Balaban J connectivity index is 1.84. The lowest BCUT2D eigenvalue weighted by atomic mass is 10.2. The lowest BCUT2D eigenvalue weighted by molar-refractivity contribution is 0.102. The van der Waals surface area contributed by atoms with Crippen LogP contribution in [-0.2, 0) is 13.6 Å². The van der Waals surface area contributed by atoms with Crippen molar-refractivity contribution < 1.29 is 9.18 Å². The first-order valence-corrected chi connectivity index (χ1v) is 7.54. The van der Waals surface area contributed by atoms with E-state index in [0.29, 0.717) is 29.2 Å². The number of carbonyl (C=O) groups is 1. The second-order valence-corrected chi connectivity index (χ2v) is 5.62. The van der Waals surface area contributed by atoms with Crippen LogP contribution >= 0.6 is 0 Å². The highest BCUT2D eigenvalue weighted by Gasteiger charge is 2.17. The van der Waals surface area contributed by atoms with Gasteiger partial charge in [-0.25, -0.2) is 4.39 Å². The zero-order chi connectivity index (χ0) is 17.3. The number of nitrogens with one attached hydrogen (secondary N) is 1. The van der Waals surface area contributed by atoms with Crippen molar-refractivity contribution in [3.05, 3.63) is 65.0 Å². The van der Waals surface area contributed by atoms with Crippen LogP contribution < -0.4 is 5.32 Å².